The van der Waals surface area contributed by atoms with Crippen LogP contribution in [0.4, 0.5) is 27.6 Å². The average molecular weight is 413 g/mol. The van der Waals surface area contributed by atoms with Gasteiger partial charge in [0.1, 0.15) is 11.6 Å². The number of anilines is 1. The second-order valence-electron chi connectivity index (χ2n) is 6.81. The molecule has 0 spiro atoms. The van der Waals surface area contributed by atoms with E-state index in [1.54, 1.807) is 0 Å². The molecular weight excluding hydrogens is 397 g/mol. The lowest BCUT2D eigenvalue weighted by Gasteiger charge is -2.21. The summed E-state index contributed by atoms with van der Waals surface area (Å²) in [5, 5.41) is 10.6. The Kier molecular flexibility index (Phi) is 5.44. The summed E-state index contributed by atoms with van der Waals surface area (Å²) in [5.41, 5.74) is -2.89. The third-order valence-corrected chi connectivity index (χ3v) is 4.83. The fraction of sp³-hybridized carbons (Fsp3) is 0.300. The molecule has 2 aromatic rings. The van der Waals surface area contributed by atoms with Crippen molar-refractivity contribution in [2.75, 3.05) is 11.4 Å². The van der Waals surface area contributed by atoms with Crippen molar-refractivity contribution in [3.05, 3.63) is 65.2 Å². The minimum absolute atomic E-state index is 0.0545. The maximum atomic E-state index is 13.2. The molecule has 29 heavy (non-hydrogen) atoms. The van der Waals surface area contributed by atoms with Crippen molar-refractivity contribution in [1.82, 2.24) is 0 Å². The van der Waals surface area contributed by atoms with Crippen molar-refractivity contribution in [3.8, 4) is 0 Å². The number of hydrogen-bond acceptors (Lipinski definition) is 3. The van der Waals surface area contributed by atoms with Gasteiger partial charge in [0, 0.05) is 31.1 Å². The van der Waals surface area contributed by atoms with Gasteiger partial charge in [-0.15, -0.1) is 0 Å². The third-order valence-electron chi connectivity index (χ3n) is 4.83. The smallest absolute Gasteiger partial charge is 0.373 e. The summed E-state index contributed by atoms with van der Waals surface area (Å²) < 4.78 is 64.4. The lowest BCUT2D eigenvalue weighted by Crippen LogP contribution is -2.47. The zero-order valence-corrected chi connectivity index (χ0v) is 15.0. The molecule has 1 atom stereocenters. The van der Waals surface area contributed by atoms with E-state index in [1.807, 2.05) is 0 Å². The number of Topliss-reactive ketones (excluding diaryl/α,β-unsaturated/α-hetero) is 1. The zero-order valence-electron chi connectivity index (χ0n) is 15.0. The standard InChI is InChI=1S/C20H16F5NO3/c21-14-9-12(10-15(22)11-14)1-6-17(27)19(29)7-8-26(18(19)28)16-4-2-13(3-5-16)20(23,24)25/h2-5,9-11,29H,1,6-8H2/t19-/m1/s1. The number of aryl methyl sites for hydroxylation is 1. The van der Waals surface area contributed by atoms with E-state index in [9.17, 15) is 36.6 Å². The van der Waals surface area contributed by atoms with Gasteiger partial charge < -0.3 is 10.0 Å². The summed E-state index contributed by atoms with van der Waals surface area (Å²) in [6, 6.07) is 6.57. The molecule has 1 fully saturated rings. The number of rotatable bonds is 5. The molecule has 0 aromatic heterocycles. The highest BCUT2D eigenvalue weighted by Crippen LogP contribution is 2.33. The van der Waals surface area contributed by atoms with Crippen molar-refractivity contribution in [3.63, 3.8) is 0 Å². The van der Waals surface area contributed by atoms with Gasteiger partial charge in [0.15, 0.2) is 5.78 Å². The fourth-order valence-corrected chi connectivity index (χ4v) is 3.26. The molecule has 0 saturated carbocycles. The van der Waals surface area contributed by atoms with Crippen LogP contribution in [0.2, 0.25) is 0 Å². The summed E-state index contributed by atoms with van der Waals surface area (Å²) in [7, 11) is 0. The Morgan fingerprint density at radius 3 is 2.21 bits per heavy atom. The lowest BCUT2D eigenvalue weighted by molar-refractivity contribution is -0.147. The first-order valence-electron chi connectivity index (χ1n) is 8.70. The SMILES string of the molecule is O=C(CCc1cc(F)cc(F)c1)[C@]1(O)CCN(c2ccc(C(F)(F)F)cc2)C1=O. The number of carbonyl (C=O) groups is 2. The highest BCUT2D eigenvalue weighted by molar-refractivity contribution is 6.17. The topological polar surface area (TPSA) is 57.6 Å². The Morgan fingerprint density at radius 1 is 1.07 bits per heavy atom. The number of alkyl halides is 3. The number of aliphatic hydroxyl groups is 1. The van der Waals surface area contributed by atoms with E-state index in [4.69, 9.17) is 0 Å². The Labute approximate surface area is 162 Å². The molecule has 9 heteroatoms. The van der Waals surface area contributed by atoms with Gasteiger partial charge in [0.25, 0.3) is 5.91 Å². The van der Waals surface area contributed by atoms with Crippen molar-refractivity contribution in [1.29, 1.82) is 0 Å². The van der Waals surface area contributed by atoms with Gasteiger partial charge in [-0.05, 0) is 48.4 Å². The predicted octanol–water partition coefficient (Wildman–Crippen LogP) is 3.65. The van der Waals surface area contributed by atoms with E-state index in [2.05, 4.69) is 0 Å². The molecule has 1 heterocycles. The maximum absolute atomic E-state index is 13.2. The molecule has 0 radical (unpaired) electrons. The van der Waals surface area contributed by atoms with E-state index in [0.29, 0.717) is 6.07 Å². The first-order chi connectivity index (χ1) is 13.5. The molecule has 0 unspecified atom stereocenters. The molecule has 0 bridgehead atoms. The molecule has 154 valence electrons. The summed E-state index contributed by atoms with van der Waals surface area (Å²) in [6.07, 6.45) is -5.17. The summed E-state index contributed by atoms with van der Waals surface area (Å²) in [5.74, 6) is -3.37. The van der Waals surface area contributed by atoms with Crippen LogP contribution >= 0.6 is 0 Å². The normalized spacial score (nSPS) is 19.7. The number of amides is 1. The van der Waals surface area contributed by atoms with Crippen LogP contribution in [-0.2, 0) is 22.2 Å². The first kappa shape index (κ1) is 20.9. The maximum Gasteiger partial charge on any atom is 0.416 e. The van der Waals surface area contributed by atoms with Gasteiger partial charge in [0.05, 0.1) is 5.56 Å². The largest absolute Gasteiger partial charge is 0.416 e. The van der Waals surface area contributed by atoms with E-state index >= 15 is 0 Å². The first-order valence-corrected chi connectivity index (χ1v) is 8.70. The summed E-state index contributed by atoms with van der Waals surface area (Å²) in [6.45, 7) is -0.0545. The highest BCUT2D eigenvalue weighted by atomic mass is 19.4. The molecule has 2 aromatic carbocycles. The number of hydrogen-bond donors (Lipinski definition) is 1. The second kappa shape index (κ2) is 7.55. The van der Waals surface area contributed by atoms with Crippen LogP contribution in [0.25, 0.3) is 0 Å². The van der Waals surface area contributed by atoms with Crippen LogP contribution in [-0.4, -0.2) is 28.9 Å². The molecule has 3 rings (SSSR count). The minimum atomic E-state index is -4.53. The van der Waals surface area contributed by atoms with Crippen molar-refractivity contribution < 1.29 is 36.6 Å². The van der Waals surface area contributed by atoms with Crippen LogP contribution in [0, 0.1) is 11.6 Å². The number of benzene rings is 2. The van der Waals surface area contributed by atoms with Crippen LogP contribution in [0.15, 0.2) is 42.5 Å². The second-order valence-corrected chi connectivity index (χ2v) is 6.81. The van der Waals surface area contributed by atoms with E-state index in [1.165, 1.54) is 0 Å². The zero-order chi connectivity index (χ0) is 21.4. The van der Waals surface area contributed by atoms with Gasteiger partial charge in [-0.1, -0.05) is 0 Å². The number of carbonyl (C=O) groups excluding carboxylic acids is 2. The van der Waals surface area contributed by atoms with E-state index in [-0.39, 0.29) is 37.1 Å². The van der Waals surface area contributed by atoms with Crippen molar-refractivity contribution in [2.45, 2.75) is 31.0 Å². The van der Waals surface area contributed by atoms with Gasteiger partial charge >= 0.3 is 6.18 Å². The van der Waals surface area contributed by atoms with Crippen molar-refractivity contribution >= 4 is 17.4 Å². The Hall–Kier alpha value is -2.81. The molecular formula is C20H16F5NO3. The average Bonchev–Trinajstić information content (AvgIpc) is 2.94. The molecule has 1 aliphatic rings. The molecule has 1 amide bonds. The van der Waals surface area contributed by atoms with Gasteiger partial charge in [-0.2, -0.15) is 13.2 Å². The van der Waals surface area contributed by atoms with Crippen molar-refractivity contribution in [2.24, 2.45) is 0 Å². The van der Waals surface area contributed by atoms with Crippen LogP contribution in [0.1, 0.15) is 24.0 Å². The monoisotopic (exact) mass is 413 g/mol. The number of ketones is 1. The predicted molar refractivity (Wildman–Crippen MR) is 93.0 cm³/mol. The van der Waals surface area contributed by atoms with Gasteiger partial charge in [-0.3, -0.25) is 9.59 Å². The van der Waals surface area contributed by atoms with Gasteiger partial charge in [0.2, 0.25) is 5.60 Å². The number of halogens is 5. The number of nitrogens with zero attached hydrogens (tertiary/aromatic N) is 1. The third kappa shape index (κ3) is 4.29. The minimum Gasteiger partial charge on any atom is -0.373 e. The Balaban J connectivity index is 1.70. The molecule has 1 saturated heterocycles. The van der Waals surface area contributed by atoms with E-state index in [0.717, 1.165) is 41.3 Å². The summed E-state index contributed by atoms with van der Waals surface area (Å²) >= 11 is 0. The molecule has 4 nitrogen and oxygen atoms in total. The van der Waals surface area contributed by atoms with Crippen LogP contribution in [0.3, 0.4) is 0 Å². The quantitative estimate of drug-likeness (QED) is 0.602. The van der Waals surface area contributed by atoms with Crippen LogP contribution < -0.4 is 4.90 Å². The fourth-order valence-electron chi connectivity index (χ4n) is 3.26. The lowest BCUT2D eigenvalue weighted by atomic mass is 9.92. The van der Waals surface area contributed by atoms with E-state index < -0.39 is 40.7 Å². The molecule has 1 N–H and O–H groups in total. The molecule has 1 aliphatic heterocycles. The molecule has 0 aliphatic carbocycles. The van der Waals surface area contributed by atoms with Gasteiger partial charge in [-0.25, -0.2) is 8.78 Å². The Morgan fingerprint density at radius 2 is 1.66 bits per heavy atom. The summed E-state index contributed by atoms with van der Waals surface area (Å²) in [4.78, 5) is 26.1. The highest BCUT2D eigenvalue weighted by Gasteiger charge is 2.50. The van der Waals surface area contributed by atoms with Crippen LogP contribution in [0.5, 0.6) is 0 Å². The Bertz CT molecular complexity index is 922.